The number of para-hydroxylation sites is 1. The van der Waals surface area contributed by atoms with E-state index in [4.69, 9.17) is 4.74 Å². The van der Waals surface area contributed by atoms with Gasteiger partial charge in [0.05, 0.1) is 4.90 Å². The molecule has 0 saturated heterocycles. The van der Waals surface area contributed by atoms with Crippen LogP contribution in [-0.2, 0) is 16.5 Å². The third-order valence-corrected chi connectivity index (χ3v) is 5.51. The Bertz CT molecular complexity index is 838. The maximum Gasteiger partial charge on any atom is 1.00 e. The fourth-order valence-corrected chi connectivity index (χ4v) is 3.65. The molecule has 0 amide bonds. The summed E-state index contributed by atoms with van der Waals surface area (Å²) < 4.78 is 38.2. The maximum absolute atomic E-state index is 12.7. The van der Waals surface area contributed by atoms with Gasteiger partial charge in [0.1, 0.15) is 11.5 Å². The van der Waals surface area contributed by atoms with Gasteiger partial charge in [0, 0.05) is 6.07 Å². The fraction of sp³-hybridized carbons (Fsp3) is 0.455. The van der Waals surface area contributed by atoms with Gasteiger partial charge in [0.15, 0.2) is 0 Å². The van der Waals surface area contributed by atoms with E-state index in [-0.39, 0.29) is 46.0 Å². The second kappa shape index (κ2) is 13.3. The number of benzene rings is 2. The van der Waals surface area contributed by atoms with Gasteiger partial charge in [-0.1, -0.05) is 81.4 Å². The summed E-state index contributed by atoms with van der Waals surface area (Å²) in [6.07, 6.45) is 9.50. The van der Waals surface area contributed by atoms with E-state index in [0.717, 1.165) is 25.3 Å². The van der Waals surface area contributed by atoms with Crippen molar-refractivity contribution in [3.8, 4) is 17.2 Å². The number of hydrogen-bond donors (Lipinski definition) is 1. The minimum atomic E-state index is -4.42. The smallest absolute Gasteiger partial charge is 0.870 e. The Morgan fingerprint density at radius 1 is 0.931 bits per heavy atom. The zero-order valence-electron chi connectivity index (χ0n) is 17.4. The molecule has 0 aliphatic heterocycles. The first-order chi connectivity index (χ1) is 13.4. The number of rotatable bonds is 12. The van der Waals surface area contributed by atoms with Crippen molar-refractivity contribution >= 4 is 10.1 Å². The number of hydrogen-bond acceptors (Lipinski definition) is 4. The molecule has 2 aromatic rings. The van der Waals surface area contributed by atoms with Gasteiger partial charge in [0.2, 0.25) is 0 Å². The third-order valence-electron chi connectivity index (χ3n) is 4.67. The SMILES string of the molecule is CCCCCCCCCCc1cc(S(=O)(=O)O)cc(Oc2ccccc2)c1[O-].[Na+]. The van der Waals surface area contributed by atoms with Gasteiger partial charge >= 0.3 is 29.6 Å². The molecule has 0 aromatic heterocycles. The van der Waals surface area contributed by atoms with Crippen molar-refractivity contribution in [2.24, 2.45) is 0 Å². The van der Waals surface area contributed by atoms with E-state index in [1.54, 1.807) is 24.3 Å². The molecule has 0 aliphatic carbocycles. The van der Waals surface area contributed by atoms with Crippen LogP contribution in [0.25, 0.3) is 0 Å². The Labute approximate surface area is 196 Å². The largest absolute Gasteiger partial charge is 1.00 e. The molecule has 0 bridgehead atoms. The summed E-state index contributed by atoms with van der Waals surface area (Å²) in [6, 6.07) is 11.0. The van der Waals surface area contributed by atoms with Crippen molar-refractivity contribution in [3.63, 3.8) is 0 Å². The first-order valence-electron chi connectivity index (χ1n) is 9.96. The quantitative estimate of drug-likeness (QED) is 0.319. The predicted molar refractivity (Wildman–Crippen MR) is 109 cm³/mol. The molecule has 0 spiro atoms. The zero-order valence-corrected chi connectivity index (χ0v) is 20.2. The van der Waals surface area contributed by atoms with Crippen LogP contribution in [-0.4, -0.2) is 13.0 Å². The average Bonchev–Trinajstić information content (AvgIpc) is 2.66. The number of ether oxygens (including phenoxy) is 1. The molecule has 1 N–H and O–H groups in total. The zero-order chi connectivity index (χ0) is 20.4. The molecular weight excluding hydrogens is 399 g/mol. The molecule has 0 fully saturated rings. The predicted octanol–water partition coefficient (Wildman–Crippen LogP) is 2.49. The van der Waals surface area contributed by atoms with Crippen LogP contribution in [0.15, 0.2) is 47.4 Å². The first-order valence-corrected chi connectivity index (χ1v) is 11.4. The van der Waals surface area contributed by atoms with Crippen molar-refractivity contribution in [2.45, 2.75) is 69.6 Å². The Kier molecular flexibility index (Phi) is 11.9. The fourth-order valence-electron chi connectivity index (χ4n) is 3.11. The van der Waals surface area contributed by atoms with Crippen LogP contribution in [0.5, 0.6) is 17.2 Å². The van der Waals surface area contributed by atoms with Gasteiger partial charge < -0.3 is 9.84 Å². The van der Waals surface area contributed by atoms with Crippen LogP contribution in [0.2, 0.25) is 0 Å². The summed E-state index contributed by atoms with van der Waals surface area (Å²) in [5.74, 6) is 0.0141. The van der Waals surface area contributed by atoms with Crippen LogP contribution in [0.3, 0.4) is 0 Å². The van der Waals surface area contributed by atoms with Crippen LogP contribution in [0, 0.1) is 0 Å². The number of unbranched alkanes of at least 4 members (excludes halogenated alkanes) is 7. The van der Waals surface area contributed by atoms with Crippen LogP contribution in [0.1, 0.15) is 63.9 Å². The van der Waals surface area contributed by atoms with Crippen molar-refractivity contribution < 1.29 is 52.4 Å². The molecule has 29 heavy (non-hydrogen) atoms. The van der Waals surface area contributed by atoms with Gasteiger partial charge in [-0.3, -0.25) is 4.55 Å². The van der Waals surface area contributed by atoms with Gasteiger partial charge in [-0.25, -0.2) is 0 Å². The van der Waals surface area contributed by atoms with E-state index in [1.807, 2.05) is 6.07 Å². The topological polar surface area (TPSA) is 86.7 Å². The standard InChI is InChI=1S/C22H30O5S.Na/c1-2-3-4-5-6-7-8-10-13-18-16-20(28(24,25)26)17-21(22(18)23)27-19-14-11-9-12-15-19;/h9,11-12,14-17,23H,2-8,10,13H2,1H3,(H,24,25,26);/q;+1/p-1. The van der Waals surface area contributed by atoms with Crippen LogP contribution in [0.4, 0.5) is 0 Å². The van der Waals surface area contributed by atoms with Crippen molar-refractivity contribution in [3.05, 3.63) is 48.0 Å². The second-order valence-electron chi connectivity index (χ2n) is 7.02. The van der Waals surface area contributed by atoms with E-state index in [1.165, 1.54) is 38.2 Å². The second-order valence-corrected chi connectivity index (χ2v) is 8.45. The molecule has 0 radical (unpaired) electrons. The number of aryl methyl sites for hydroxylation is 1. The minimum Gasteiger partial charge on any atom is -0.870 e. The van der Waals surface area contributed by atoms with E-state index >= 15 is 0 Å². The van der Waals surface area contributed by atoms with E-state index < -0.39 is 10.1 Å². The Balaban J connectivity index is 0.00000420. The molecular formula is C22H29NaO5S. The molecule has 0 heterocycles. The van der Waals surface area contributed by atoms with Crippen molar-refractivity contribution in [1.82, 2.24) is 0 Å². The third kappa shape index (κ3) is 9.09. The van der Waals surface area contributed by atoms with E-state index in [2.05, 4.69) is 6.92 Å². The minimum absolute atomic E-state index is 0. The molecule has 5 nitrogen and oxygen atoms in total. The molecule has 7 heteroatoms. The normalized spacial score (nSPS) is 11.1. The summed E-state index contributed by atoms with van der Waals surface area (Å²) >= 11 is 0. The van der Waals surface area contributed by atoms with Crippen molar-refractivity contribution in [2.75, 3.05) is 0 Å². The van der Waals surface area contributed by atoms with Gasteiger partial charge in [-0.2, -0.15) is 8.42 Å². The first kappa shape index (κ1) is 26.0. The Morgan fingerprint density at radius 3 is 2.10 bits per heavy atom. The van der Waals surface area contributed by atoms with Gasteiger partial charge in [-0.15, -0.1) is 0 Å². The molecule has 0 saturated carbocycles. The monoisotopic (exact) mass is 428 g/mol. The summed E-state index contributed by atoms with van der Waals surface area (Å²) in [5, 5.41) is 12.7. The van der Waals surface area contributed by atoms with Crippen LogP contribution < -0.4 is 39.4 Å². The molecule has 0 atom stereocenters. The molecule has 0 unspecified atom stereocenters. The van der Waals surface area contributed by atoms with Crippen LogP contribution >= 0.6 is 0 Å². The Hall–Kier alpha value is -1.05. The summed E-state index contributed by atoms with van der Waals surface area (Å²) in [7, 11) is -4.42. The van der Waals surface area contributed by atoms with Crippen molar-refractivity contribution in [1.29, 1.82) is 0 Å². The molecule has 154 valence electrons. The molecule has 2 rings (SSSR count). The van der Waals surface area contributed by atoms with E-state index in [0.29, 0.717) is 17.7 Å². The average molecular weight is 429 g/mol. The van der Waals surface area contributed by atoms with E-state index in [9.17, 15) is 18.1 Å². The summed E-state index contributed by atoms with van der Waals surface area (Å²) in [4.78, 5) is -0.312. The van der Waals surface area contributed by atoms with Gasteiger partial charge in [0.25, 0.3) is 10.1 Å². The Morgan fingerprint density at radius 2 is 1.52 bits per heavy atom. The maximum atomic E-state index is 12.7. The summed E-state index contributed by atoms with van der Waals surface area (Å²) in [5.41, 5.74) is 0.354. The summed E-state index contributed by atoms with van der Waals surface area (Å²) in [6.45, 7) is 2.19. The van der Waals surface area contributed by atoms with Gasteiger partial charge in [-0.05, 0) is 31.0 Å². The molecule has 0 aliphatic rings. The molecule has 2 aromatic carbocycles.